The smallest absolute Gasteiger partial charge is 0.265 e. The zero-order valence-corrected chi connectivity index (χ0v) is 7.92. The number of carbonyl (C=O) groups is 1. The first-order valence-corrected chi connectivity index (χ1v) is 4.29. The summed E-state index contributed by atoms with van der Waals surface area (Å²) in [5.41, 5.74) is 4.98. The number of nitrogen functional groups attached to an aromatic ring is 1. The van der Waals surface area contributed by atoms with Crippen LogP contribution in [-0.2, 0) is 6.42 Å². The lowest BCUT2D eigenvalue weighted by Gasteiger charge is -2.04. The molecule has 13 heavy (non-hydrogen) atoms. The molecule has 3 N–H and O–H groups in total. The van der Waals surface area contributed by atoms with Gasteiger partial charge in [0, 0.05) is 5.56 Å². The van der Waals surface area contributed by atoms with Gasteiger partial charge in [0.05, 0.1) is 0 Å². The van der Waals surface area contributed by atoms with Gasteiger partial charge in [-0.05, 0) is 31.0 Å². The minimum absolute atomic E-state index is 0.238. The van der Waals surface area contributed by atoms with Crippen molar-refractivity contribution in [2.75, 3.05) is 0 Å². The van der Waals surface area contributed by atoms with E-state index in [0.29, 0.717) is 5.56 Å². The van der Waals surface area contributed by atoms with Crippen molar-refractivity contribution in [1.82, 2.24) is 5.43 Å². The number of carbonyl (C=O) groups excluding carboxylic acids is 1. The third-order valence-electron chi connectivity index (χ3n) is 1.94. The standard InChI is InChI=1S/C10H14N2O/c1-3-8-4-7(2)5-9(6-8)10(13)12-11/h4-6H,3,11H2,1-2H3,(H,12,13). The number of hydrazine groups is 1. The van der Waals surface area contributed by atoms with Gasteiger partial charge in [-0.2, -0.15) is 0 Å². The number of nitrogens with one attached hydrogen (secondary N) is 1. The van der Waals surface area contributed by atoms with E-state index in [2.05, 4.69) is 18.4 Å². The third-order valence-corrected chi connectivity index (χ3v) is 1.94. The predicted molar refractivity (Wildman–Crippen MR) is 52.2 cm³/mol. The van der Waals surface area contributed by atoms with Crippen molar-refractivity contribution >= 4 is 5.91 Å². The number of nitrogens with two attached hydrogens (primary N) is 1. The summed E-state index contributed by atoms with van der Waals surface area (Å²) in [6.45, 7) is 4.02. The Hall–Kier alpha value is -1.35. The number of amides is 1. The Kier molecular flexibility index (Phi) is 3.03. The predicted octanol–water partition coefficient (Wildman–Crippen LogP) is 1.16. The fourth-order valence-electron chi connectivity index (χ4n) is 1.28. The lowest BCUT2D eigenvalue weighted by atomic mass is 10.0. The molecule has 0 aliphatic carbocycles. The van der Waals surface area contributed by atoms with E-state index >= 15 is 0 Å². The van der Waals surface area contributed by atoms with Crippen LogP contribution in [0.3, 0.4) is 0 Å². The van der Waals surface area contributed by atoms with Gasteiger partial charge in [-0.25, -0.2) is 5.84 Å². The number of hydrogen-bond acceptors (Lipinski definition) is 2. The number of hydrogen-bond donors (Lipinski definition) is 2. The Balaban J connectivity index is 3.08. The zero-order valence-electron chi connectivity index (χ0n) is 7.92. The van der Waals surface area contributed by atoms with Gasteiger partial charge < -0.3 is 0 Å². The molecule has 0 heterocycles. The van der Waals surface area contributed by atoms with Gasteiger partial charge in [0.15, 0.2) is 0 Å². The van der Waals surface area contributed by atoms with Crippen molar-refractivity contribution in [2.24, 2.45) is 5.84 Å². The van der Waals surface area contributed by atoms with Gasteiger partial charge in [0.2, 0.25) is 0 Å². The Morgan fingerprint density at radius 2 is 2.15 bits per heavy atom. The molecule has 3 nitrogen and oxygen atoms in total. The van der Waals surface area contributed by atoms with Gasteiger partial charge in [-0.15, -0.1) is 0 Å². The summed E-state index contributed by atoms with van der Waals surface area (Å²) in [5, 5.41) is 0. The van der Waals surface area contributed by atoms with Gasteiger partial charge in [-0.1, -0.05) is 18.6 Å². The Bertz CT molecular complexity index is 321. The topological polar surface area (TPSA) is 55.1 Å². The molecule has 0 saturated carbocycles. The van der Waals surface area contributed by atoms with Crippen molar-refractivity contribution in [3.63, 3.8) is 0 Å². The number of rotatable bonds is 2. The van der Waals surface area contributed by atoms with Crippen LogP contribution in [0.1, 0.15) is 28.4 Å². The lowest BCUT2D eigenvalue weighted by molar-refractivity contribution is 0.0953. The molecule has 1 aromatic rings. The zero-order chi connectivity index (χ0) is 9.84. The van der Waals surface area contributed by atoms with Crippen LogP contribution < -0.4 is 11.3 Å². The second-order valence-corrected chi connectivity index (χ2v) is 3.03. The summed E-state index contributed by atoms with van der Waals surface area (Å²) in [6, 6.07) is 5.74. The molecule has 0 atom stereocenters. The first-order chi connectivity index (χ1) is 6.17. The van der Waals surface area contributed by atoms with Crippen molar-refractivity contribution in [3.05, 3.63) is 34.9 Å². The SMILES string of the molecule is CCc1cc(C)cc(C(=O)NN)c1. The molecule has 0 radical (unpaired) electrons. The fourth-order valence-corrected chi connectivity index (χ4v) is 1.28. The van der Waals surface area contributed by atoms with Crippen LogP contribution in [0.5, 0.6) is 0 Å². The maximum atomic E-state index is 11.2. The molecule has 0 bridgehead atoms. The average Bonchev–Trinajstić information content (AvgIpc) is 2.15. The highest BCUT2D eigenvalue weighted by molar-refractivity contribution is 5.94. The van der Waals surface area contributed by atoms with Crippen LogP contribution in [0, 0.1) is 6.92 Å². The quantitative estimate of drug-likeness (QED) is 0.405. The van der Waals surface area contributed by atoms with Crippen molar-refractivity contribution in [1.29, 1.82) is 0 Å². The molecule has 0 aromatic heterocycles. The first kappa shape index (κ1) is 9.74. The van der Waals surface area contributed by atoms with E-state index < -0.39 is 0 Å². The van der Waals surface area contributed by atoms with Crippen LogP contribution >= 0.6 is 0 Å². The minimum Gasteiger partial charge on any atom is -0.290 e. The molecule has 70 valence electrons. The Morgan fingerprint density at radius 1 is 1.46 bits per heavy atom. The number of aryl methyl sites for hydroxylation is 2. The van der Waals surface area contributed by atoms with Gasteiger partial charge in [0.25, 0.3) is 5.91 Å². The largest absolute Gasteiger partial charge is 0.290 e. The van der Waals surface area contributed by atoms with Gasteiger partial charge in [0.1, 0.15) is 0 Å². The lowest BCUT2D eigenvalue weighted by Crippen LogP contribution is -2.30. The molecule has 0 aliphatic rings. The normalized spacial score (nSPS) is 9.77. The summed E-state index contributed by atoms with van der Waals surface area (Å²) in [6.07, 6.45) is 0.923. The van der Waals surface area contributed by atoms with E-state index in [1.54, 1.807) is 0 Å². The third kappa shape index (κ3) is 2.29. The fraction of sp³-hybridized carbons (Fsp3) is 0.300. The molecule has 0 spiro atoms. The van der Waals surface area contributed by atoms with E-state index in [9.17, 15) is 4.79 Å². The van der Waals surface area contributed by atoms with Crippen molar-refractivity contribution in [2.45, 2.75) is 20.3 Å². The molecule has 1 aromatic carbocycles. The van der Waals surface area contributed by atoms with Crippen LogP contribution in [-0.4, -0.2) is 5.91 Å². The summed E-state index contributed by atoms with van der Waals surface area (Å²) < 4.78 is 0. The van der Waals surface area contributed by atoms with Crippen molar-refractivity contribution in [3.8, 4) is 0 Å². The van der Waals surface area contributed by atoms with Crippen molar-refractivity contribution < 1.29 is 4.79 Å². The Morgan fingerprint density at radius 3 is 2.69 bits per heavy atom. The molecule has 1 rings (SSSR count). The van der Waals surface area contributed by atoms with Crippen LogP contribution in [0.15, 0.2) is 18.2 Å². The first-order valence-electron chi connectivity index (χ1n) is 4.29. The van der Waals surface area contributed by atoms with E-state index in [-0.39, 0.29) is 5.91 Å². The van der Waals surface area contributed by atoms with Gasteiger partial charge in [-0.3, -0.25) is 10.2 Å². The molecule has 0 fully saturated rings. The van der Waals surface area contributed by atoms with E-state index in [1.807, 2.05) is 19.1 Å². The summed E-state index contributed by atoms with van der Waals surface area (Å²) >= 11 is 0. The van der Waals surface area contributed by atoms with Crippen LogP contribution in [0.4, 0.5) is 0 Å². The number of benzene rings is 1. The molecule has 3 heteroatoms. The van der Waals surface area contributed by atoms with Crippen LogP contribution in [0.25, 0.3) is 0 Å². The van der Waals surface area contributed by atoms with E-state index in [4.69, 9.17) is 5.84 Å². The second-order valence-electron chi connectivity index (χ2n) is 3.03. The molecule has 0 unspecified atom stereocenters. The second kappa shape index (κ2) is 4.05. The molecule has 0 aliphatic heterocycles. The molecule has 1 amide bonds. The van der Waals surface area contributed by atoms with Crippen LogP contribution in [0.2, 0.25) is 0 Å². The average molecular weight is 178 g/mol. The summed E-state index contributed by atoms with van der Waals surface area (Å²) in [5.74, 6) is 4.81. The van der Waals surface area contributed by atoms with Gasteiger partial charge >= 0.3 is 0 Å². The van der Waals surface area contributed by atoms with E-state index in [1.165, 1.54) is 0 Å². The Labute approximate surface area is 77.9 Å². The molecular weight excluding hydrogens is 164 g/mol. The summed E-state index contributed by atoms with van der Waals surface area (Å²) in [7, 11) is 0. The maximum Gasteiger partial charge on any atom is 0.265 e. The van der Waals surface area contributed by atoms with E-state index in [0.717, 1.165) is 17.5 Å². The minimum atomic E-state index is -0.238. The maximum absolute atomic E-state index is 11.2. The monoisotopic (exact) mass is 178 g/mol. The molecule has 0 saturated heterocycles. The highest BCUT2D eigenvalue weighted by Gasteiger charge is 2.04. The highest BCUT2D eigenvalue weighted by atomic mass is 16.2. The summed E-state index contributed by atoms with van der Waals surface area (Å²) in [4.78, 5) is 11.2. The highest BCUT2D eigenvalue weighted by Crippen LogP contribution is 2.09. The molecular formula is C10H14N2O.